The van der Waals surface area contributed by atoms with Crippen LogP contribution in [0, 0.1) is 0 Å². The molecular formula is C19H24ClN3O3S2. The van der Waals surface area contributed by atoms with E-state index in [9.17, 15) is 13.2 Å². The highest BCUT2D eigenvalue weighted by atomic mass is 35.5. The maximum Gasteiger partial charge on any atom is 0.244 e. The molecule has 2 aromatic rings. The third-order valence-electron chi connectivity index (χ3n) is 4.10. The molecule has 6 nitrogen and oxygen atoms in total. The Morgan fingerprint density at radius 3 is 2.36 bits per heavy atom. The van der Waals surface area contributed by atoms with Crippen molar-refractivity contribution >= 4 is 39.3 Å². The molecule has 0 aliphatic carbocycles. The summed E-state index contributed by atoms with van der Waals surface area (Å²) < 4.78 is 26.3. The van der Waals surface area contributed by atoms with E-state index < -0.39 is 10.0 Å². The zero-order valence-electron chi connectivity index (χ0n) is 16.1. The zero-order chi connectivity index (χ0) is 20.7. The summed E-state index contributed by atoms with van der Waals surface area (Å²) in [5, 5.41) is 3.74. The van der Waals surface area contributed by atoms with E-state index in [2.05, 4.69) is 10.3 Å². The van der Waals surface area contributed by atoms with Crippen molar-refractivity contribution in [3.8, 4) is 0 Å². The van der Waals surface area contributed by atoms with E-state index in [1.807, 2.05) is 12.1 Å². The zero-order valence-corrected chi connectivity index (χ0v) is 18.4. The number of nitrogens with one attached hydrogen (secondary N) is 1. The van der Waals surface area contributed by atoms with E-state index in [0.717, 1.165) is 5.56 Å². The number of benzene rings is 1. The Bertz CT molecular complexity index is 884. The minimum absolute atomic E-state index is 0.124. The second-order valence-corrected chi connectivity index (χ2v) is 9.76. The summed E-state index contributed by atoms with van der Waals surface area (Å²) in [4.78, 5) is 16.7. The van der Waals surface area contributed by atoms with Crippen molar-refractivity contribution in [1.29, 1.82) is 0 Å². The van der Waals surface area contributed by atoms with Crippen LogP contribution in [0.2, 0.25) is 5.02 Å². The van der Waals surface area contributed by atoms with E-state index >= 15 is 0 Å². The lowest BCUT2D eigenvalue weighted by Gasteiger charge is -2.18. The number of amides is 1. The molecule has 0 aliphatic heterocycles. The highest BCUT2D eigenvalue weighted by molar-refractivity contribution is 8.00. The molecule has 1 atom stereocenters. The van der Waals surface area contributed by atoms with Gasteiger partial charge in [0.1, 0.15) is 4.90 Å². The van der Waals surface area contributed by atoms with Crippen LogP contribution in [0.5, 0.6) is 0 Å². The number of carbonyl (C=O) groups is 1. The molecule has 0 saturated heterocycles. The Hall–Kier alpha value is -1.61. The van der Waals surface area contributed by atoms with Crippen LogP contribution in [0.25, 0.3) is 0 Å². The fourth-order valence-electron chi connectivity index (χ4n) is 2.47. The maximum atomic E-state index is 12.5. The van der Waals surface area contributed by atoms with Gasteiger partial charge in [-0.05, 0) is 36.8 Å². The van der Waals surface area contributed by atoms with Gasteiger partial charge in [0, 0.05) is 30.9 Å². The minimum Gasteiger partial charge on any atom is -0.351 e. The first-order chi connectivity index (χ1) is 13.3. The Balaban J connectivity index is 1.95. The normalized spacial score (nSPS) is 12.8. The van der Waals surface area contributed by atoms with Gasteiger partial charge in [0.25, 0.3) is 0 Å². The van der Waals surface area contributed by atoms with Gasteiger partial charge in [0.2, 0.25) is 15.9 Å². The van der Waals surface area contributed by atoms with Crippen molar-refractivity contribution < 1.29 is 13.2 Å². The fourth-order valence-corrected chi connectivity index (χ4v) is 4.81. The SMILES string of the molecule is CCN(CC)S(=O)(=O)c1ccc(SC(C)C(=O)NCc2ccc(Cl)cc2)nc1. The van der Waals surface area contributed by atoms with Gasteiger partial charge in [-0.2, -0.15) is 4.31 Å². The summed E-state index contributed by atoms with van der Waals surface area (Å²) in [7, 11) is -3.53. The molecule has 0 bridgehead atoms. The molecule has 0 radical (unpaired) electrons. The van der Waals surface area contributed by atoms with Gasteiger partial charge in [-0.1, -0.05) is 49.3 Å². The Kier molecular flexibility index (Phi) is 8.30. The third kappa shape index (κ3) is 5.94. The van der Waals surface area contributed by atoms with Gasteiger partial charge in [-0.3, -0.25) is 4.79 Å². The number of nitrogens with zero attached hydrogens (tertiary/aromatic N) is 2. The van der Waals surface area contributed by atoms with Crippen LogP contribution in [0.4, 0.5) is 0 Å². The Morgan fingerprint density at radius 1 is 1.18 bits per heavy atom. The molecule has 0 saturated carbocycles. The number of aromatic nitrogens is 1. The monoisotopic (exact) mass is 441 g/mol. The van der Waals surface area contributed by atoms with E-state index in [-0.39, 0.29) is 16.1 Å². The van der Waals surface area contributed by atoms with Gasteiger partial charge >= 0.3 is 0 Å². The molecule has 0 spiro atoms. The van der Waals surface area contributed by atoms with Crippen LogP contribution in [0.1, 0.15) is 26.3 Å². The van der Waals surface area contributed by atoms with Crippen LogP contribution >= 0.6 is 23.4 Å². The predicted octanol–water partition coefficient (Wildman–Crippen LogP) is 3.56. The highest BCUT2D eigenvalue weighted by Gasteiger charge is 2.22. The number of sulfonamides is 1. The number of hydrogen-bond acceptors (Lipinski definition) is 5. The van der Waals surface area contributed by atoms with Crippen molar-refractivity contribution in [2.75, 3.05) is 13.1 Å². The summed E-state index contributed by atoms with van der Waals surface area (Å²) in [6.45, 7) is 6.59. The highest BCUT2D eigenvalue weighted by Crippen LogP contribution is 2.23. The molecule has 9 heteroatoms. The molecule has 1 N–H and O–H groups in total. The first-order valence-electron chi connectivity index (χ1n) is 8.93. The summed E-state index contributed by atoms with van der Waals surface area (Å²) >= 11 is 7.13. The molecule has 1 heterocycles. The lowest BCUT2D eigenvalue weighted by atomic mass is 10.2. The van der Waals surface area contributed by atoms with Crippen molar-refractivity contribution in [2.24, 2.45) is 0 Å². The molecule has 28 heavy (non-hydrogen) atoms. The third-order valence-corrected chi connectivity index (χ3v) is 7.44. The molecule has 152 valence electrons. The second-order valence-electron chi connectivity index (χ2n) is 6.03. The predicted molar refractivity (Wildman–Crippen MR) is 113 cm³/mol. The summed E-state index contributed by atoms with van der Waals surface area (Å²) in [6.07, 6.45) is 1.34. The van der Waals surface area contributed by atoms with E-state index in [4.69, 9.17) is 11.6 Å². The largest absolute Gasteiger partial charge is 0.351 e. The van der Waals surface area contributed by atoms with Crippen LogP contribution in [0.15, 0.2) is 52.5 Å². The Labute approximate surface area is 175 Å². The summed E-state index contributed by atoms with van der Waals surface area (Å²) in [6, 6.07) is 10.4. The summed E-state index contributed by atoms with van der Waals surface area (Å²) in [5.74, 6) is -0.124. The second kappa shape index (κ2) is 10.2. The number of rotatable bonds is 9. The van der Waals surface area contributed by atoms with Gasteiger partial charge in [0.05, 0.1) is 10.3 Å². The lowest BCUT2D eigenvalue weighted by Crippen LogP contribution is -2.31. The van der Waals surface area contributed by atoms with Crippen molar-refractivity contribution in [3.63, 3.8) is 0 Å². The molecule has 0 aliphatic rings. The minimum atomic E-state index is -3.53. The molecule has 1 unspecified atom stereocenters. The first-order valence-corrected chi connectivity index (χ1v) is 11.6. The number of halogens is 1. The van der Waals surface area contributed by atoms with E-state index in [0.29, 0.717) is 29.7 Å². The number of hydrogen-bond donors (Lipinski definition) is 1. The lowest BCUT2D eigenvalue weighted by molar-refractivity contribution is -0.120. The van der Waals surface area contributed by atoms with E-state index in [1.165, 1.54) is 28.3 Å². The average Bonchev–Trinajstić information content (AvgIpc) is 2.68. The van der Waals surface area contributed by atoms with E-state index in [1.54, 1.807) is 39.0 Å². The van der Waals surface area contributed by atoms with Crippen LogP contribution in [0.3, 0.4) is 0 Å². The standard InChI is InChI=1S/C19H24ClN3O3S2/c1-4-23(5-2)28(25,26)17-10-11-18(21-13-17)27-14(3)19(24)22-12-15-6-8-16(20)9-7-15/h6-11,13-14H,4-5,12H2,1-3H3,(H,22,24). The van der Waals surface area contributed by atoms with Crippen LogP contribution in [-0.4, -0.2) is 42.0 Å². The van der Waals surface area contributed by atoms with Gasteiger partial charge in [-0.25, -0.2) is 13.4 Å². The molecule has 1 aromatic carbocycles. The van der Waals surface area contributed by atoms with Crippen LogP contribution in [-0.2, 0) is 21.4 Å². The maximum absolute atomic E-state index is 12.5. The fraction of sp³-hybridized carbons (Fsp3) is 0.368. The molecule has 1 amide bonds. The van der Waals surface area contributed by atoms with Gasteiger partial charge < -0.3 is 5.32 Å². The summed E-state index contributed by atoms with van der Waals surface area (Å²) in [5.41, 5.74) is 0.957. The van der Waals surface area contributed by atoms with Crippen molar-refractivity contribution in [2.45, 2.75) is 42.5 Å². The number of thioether (sulfide) groups is 1. The molecule has 1 aromatic heterocycles. The van der Waals surface area contributed by atoms with Crippen molar-refractivity contribution in [3.05, 3.63) is 53.2 Å². The van der Waals surface area contributed by atoms with Crippen LogP contribution < -0.4 is 5.32 Å². The smallest absolute Gasteiger partial charge is 0.244 e. The number of carbonyl (C=O) groups excluding carboxylic acids is 1. The number of pyridine rings is 1. The quantitative estimate of drug-likeness (QED) is 0.602. The Morgan fingerprint density at radius 2 is 1.82 bits per heavy atom. The topological polar surface area (TPSA) is 79.4 Å². The van der Waals surface area contributed by atoms with Crippen molar-refractivity contribution in [1.82, 2.24) is 14.6 Å². The first kappa shape index (κ1) is 22.7. The van der Waals surface area contributed by atoms with Gasteiger partial charge in [0.15, 0.2) is 0 Å². The molecular weight excluding hydrogens is 418 g/mol. The molecule has 0 fully saturated rings. The average molecular weight is 442 g/mol. The molecule has 2 rings (SSSR count). The van der Waals surface area contributed by atoms with Gasteiger partial charge in [-0.15, -0.1) is 0 Å².